The van der Waals surface area contributed by atoms with Gasteiger partial charge in [-0.15, -0.1) is 0 Å². The first-order chi connectivity index (χ1) is 9.23. The number of pyridine rings is 1. The second kappa shape index (κ2) is 6.36. The molecule has 1 aromatic heterocycles. The van der Waals surface area contributed by atoms with Gasteiger partial charge in [-0.2, -0.15) is 0 Å². The summed E-state index contributed by atoms with van der Waals surface area (Å²) < 4.78 is 5.94. The molecule has 20 heavy (non-hydrogen) atoms. The maximum Gasteiger partial charge on any atom is 0.326 e. The van der Waals surface area contributed by atoms with Gasteiger partial charge in [0.05, 0.1) is 12.2 Å². The summed E-state index contributed by atoms with van der Waals surface area (Å²) >= 11 is 0. The van der Waals surface area contributed by atoms with Gasteiger partial charge in [-0.25, -0.2) is 0 Å². The monoisotopic (exact) mass is 280 g/mol. The Bertz CT molecular complexity index is 555. The third-order valence-corrected chi connectivity index (χ3v) is 2.34. The van der Waals surface area contributed by atoms with E-state index in [1.807, 2.05) is 20.8 Å². The van der Waals surface area contributed by atoms with E-state index in [1.54, 1.807) is 6.92 Å². The Kier molecular flexibility index (Phi) is 5.07. The minimum atomic E-state index is -0.511. The molecule has 0 radical (unpaired) electrons. The summed E-state index contributed by atoms with van der Waals surface area (Å²) in [4.78, 5) is 35.0. The van der Waals surface area contributed by atoms with Crippen LogP contribution in [-0.2, 0) is 16.1 Å². The van der Waals surface area contributed by atoms with Crippen LogP contribution in [0.1, 0.15) is 38.1 Å². The van der Waals surface area contributed by atoms with Gasteiger partial charge in [-0.3, -0.25) is 14.4 Å². The number of nitrogens with one attached hydrogen (secondary N) is 1. The van der Waals surface area contributed by atoms with Crippen LogP contribution in [0.3, 0.4) is 0 Å². The van der Waals surface area contributed by atoms with Crippen molar-refractivity contribution in [2.24, 2.45) is 0 Å². The van der Waals surface area contributed by atoms with Crippen molar-refractivity contribution in [2.45, 2.75) is 39.8 Å². The summed E-state index contributed by atoms with van der Waals surface area (Å²) in [6.07, 6.45) is 1.36. The minimum Gasteiger partial charge on any atom is -0.465 e. The number of carbonyl (C=O) groups is 2. The first-order valence-electron chi connectivity index (χ1n) is 6.41. The highest BCUT2D eigenvalue weighted by Gasteiger charge is 2.16. The van der Waals surface area contributed by atoms with E-state index in [4.69, 9.17) is 4.74 Å². The lowest BCUT2D eigenvalue weighted by Crippen LogP contribution is -2.41. The second-order valence-electron chi connectivity index (χ2n) is 5.39. The SMILES string of the molecule is CCOC(=O)Cn1cc(C(=O)NC(C)(C)C)ccc1=O. The average Bonchev–Trinajstić information content (AvgIpc) is 2.30. The fraction of sp³-hybridized carbons (Fsp3) is 0.500. The fourth-order valence-corrected chi connectivity index (χ4v) is 1.55. The maximum absolute atomic E-state index is 12.0. The first kappa shape index (κ1) is 15.9. The molecule has 1 aromatic rings. The first-order valence-corrected chi connectivity index (χ1v) is 6.41. The standard InChI is InChI=1S/C14H20N2O4/c1-5-20-12(18)9-16-8-10(6-7-11(16)17)13(19)15-14(2,3)4/h6-8H,5,9H2,1-4H3,(H,15,19). The number of nitrogens with zero attached hydrogens (tertiary/aromatic N) is 1. The van der Waals surface area contributed by atoms with Crippen LogP contribution in [0.4, 0.5) is 0 Å². The molecule has 1 amide bonds. The van der Waals surface area contributed by atoms with E-state index in [1.165, 1.54) is 18.3 Å². The van der Waals surface area contributed by atoms with Crippen LogP contribution in [0, 0.1) is 0 Å². The molecule has 1 heterocycles. The Morgan fingerprint density at radius 3 is 2.50 bits per heavy atom. The molecule has 0 aromatic carbocycles. The Hall–Kier alpha value is -2.11. The molecule has 0 aliphatic rings. The highest BCUT2D eigenvalue weighted by molar-refractivity contribution is 5.94. The third-order valence-electron chi connectivity index (χ3n) is 2.34. The molecule has 0 bridgehead atoms. The van der Waals surface area contributed by atoms with Gasteiger partial charge in [0.2, 0.25) is 0 Å². The maximum atomic E-state index is 12.0. The second-order valence-corrected chi connectivity index (χ2v) is 5.39. The normalized spacial score (nSPS) is 11.0. The van der Waals surface area contributed by atoms with Crippen molar-refractivity contribution in [1.29, 1.82) is 0 Å². The van der Waals surface area contributed by atoms with Crippen molar-refractivity contribution in [2.75, 3.05) is 6.61 Å². The summed E-state index contributed by atoms with van der Waals surface area (Å²) in [5.41, 5.74) is -0.409. The predicted octanol–water partition coefficient (Wildman–Crippen LogP) is 0.940. The van der Waals surface area contributed by atoms with E-state index in [0.717, 1.165) is 4.57 Å². The molecular formula is C14H20N2O4. The van der Waals surface area contributed by atoms with Gasteiger partial charge in [0.1, 0.15) is 6.54 Å². The molecule has 0 spiro atoms. The summed E-state index contributed by atoms with van der Waals surface area (Å²) in [7, 11) is 0. The van der Waals surface area contributed by atoms with E-state index in [0.29, 0.717) is 5.56 Å². The predicted molar refractivity (Wildman–Crippen MR) is 74.6 cm³/mol. The minimum absolute atomic E-state index is 0.205. The van der Waals surface area contributed by atoms with Gasteiger partial charge < -0.3 is 14.6 Å². The van der Waals surface area contributed by atoms with E-state index in [9.17, 15) is 14.4 Å². The van der Waals surface area contributed by atoms with Gasteiger partial charge in [-0.05, 0) is 33.8 Å². The number of hydrogen-bond acceptors (Lipinski definition) is 4. The van der Waals surface area contributed by atoms with Crippen molar-refractivity contribution in [3.05, 3.63) is 34.2 Å². The van der Waals surface area contributed by atoms with Crippen LogP contribution in [0.25, 0.3) is 0 Å². The number of aromatic nitrogens is 1. The molecule has 0 saturated heterocycles. The van der Waals surface area contributed by atoms with Crippen LogP contribution in [0.2, 0.25) is 0 Å². The summed E-state index contributed by atoms with van der Waals surface area (Å²) in [6.45, 7) is 7.31. The van der Waals surface area contributed by atoms with Crippen LogP contribution in [0.5, 0.6) is 0 Å². The van der Waals surface area contributed by atoms with Gasteiger partial charge >= 0.3 is 5.97 Å². The van der Waals surface area contributed by atoms with Crippen LogP contribution < -0.4 is 10.9 Å². The van der Waals surface area contributed by atoms with Gasteiger partial charge in [-0.1, -0.05) is 0 Å². The molecule has 110 valence electrons. The molecule has 0 unspecified atom stereocenters. The molecule has 0 atom stereocenters. The summed E-state index contributed by atoms with van der Waals surface area (Å²) in [5.74, 6) is -0.807. The number of rotatable bonds is 4. The molecule has 1 N–H and O–H groups in total. The van der Waals surface area contributed by atoms with Crippen LogP contribution in [0.15, 0.2) is 23.1 Å². The Balaban J connectivity index is 2.94. The Morgan fingerprint density at radius 1 is 1.30 bits per heavy atom. The number of esters is 1. The fourth-order valence-electron chi connectivity index (χ4n) is 1.55. The number of hydrogen-bond donors (Lipinski definition) is 1. The summed E-state index contributed by atoms with van der Waals surface area (Å²) in [5, 5.41) is 2.79. The van der Waals surface area contributed by atoms with Crippen molar-refractivity contribution in [1.82, 2.24) is 9.88 Å². The lowest BCUT2D eigenvalue weighted by atomic mass is 10.1. The van der Waals surface area contributed by atoms with Gasteiger partial charge in [0.15, 0.2) is 0 Å². The van der Waals surface area contributed by atoms with E-state index < -0.39 is 5.97 Å². The highest BCUT2D eigenvalue weighted by atomic mass is 16.5. The molecule has 0 aliphatic carbocycles. The van der Waals surface area contributed by atoms with Gasteiger partial charge in [0.25, 0.3) is 11.5 Å². The smallest absolute Gasteiger partial charge is 0.326 e. The molecule has 6 heteroatoms. The average molecular weight is 280 g/mol. The number of carbonyl (C=O) groups excluding carboxylic acids is 2. The van der Waals surface area contributed by atoms with Crippen molar-refractivity contribution < 1.29 is 14.3 Å². The van der Waals surface area contributed by atoms with Crippen LogP contribution in [-0.4, -0.2) is 28.6 Å². The van der Waals surface area contributed by atoms with E-state index in [-0.39, 0.29) is 30.2 Å². The van der Waals surface area contributed by atoms with Crippen molar-refractivity contribution in [3.63, 3.8) is 0 Å². The molecule has 6 nitrogen and oxygen atoms in total. The lowest BCUT2D eigenvalue weighted by Gasteiger charge is -2.20. The number of ether oxygens (including phenoxy) is 1. The summed E-state index contributed by atoms with van der Waals surface area (Å²) in [6, 6.07) is 2.70. The lowest BCUT2D eigenvalue weighted by molar-refractivity contribution is -0.143. The van der Waals surface area contributed by atoms with Crippen molar-refractivity contribution >= 4 is 11.9 Å². The topological polar surface area (TPSA) is 77.4 Å². The zero-order chi connectivity index (χ0) is 15.3. The largest absolute Gasteiger partial charge is 0.465 e. The Labute approximate surface area is 117 Å². The quantitative estimate of drug-likeness (QED) is 0.833. The molecular weight excluding hydrogens is 260 g/mol. The van der Waals surface area contributed by atoms with Crippen LogP contribution >= 0.6 is 0 Å². The molecule has 1 rings (SSSR count). The van der Waals surface area contributed by atoms with E-state index in [2.05, 4.69) is 5.32 Å². The van der Waals surface area contributed by atoms with Crippen molar-refractivity contribution in [3.8, 4) is 0 Å². The van der Waals surface area contributed by atoms with Gasteiger partial charge in [0, 0.05) is 17.8 Å². The molecule has 0 saturated carbocycles. The molecule has 0 aliphatic heterocycles. The molecule has 0 fully saturated rings. The van der Waals surface area contributed by atoms with E-state index >= 15 is 0 Å². The Morgan fingerprint density at radius 2 is 1.95 bits per heavy atom. The third kappa shape index (κ3) is 4.87. The highest BCUT2D eigenvalue weighted by Crippen LogP contribution is 2.03. The zero-order valence-corrected chi connectivity index (χ0v) is 12.2. The zero-order valence-electron chi connectivity index (χ0n) is 12.2. The number of amides is 1.